The van der Waals surface area contributed by atoms with E-state index in [4.69, 9.17) is 14.2 Å². The fraction of sp³-hybridized carbons (Fsp3) is 0.548. The highest BCUT2D eigenvalue weighted by Gasteiger charge is 2.52. The molecule has 4 aliphatic rings. The Hall–Kier alpha value is -4.07. The largest absolute Gasteiger partial charge is 0.496 e. The molecule has 0 heterocycles. The van der Waals surface area contributed by atoms with Crippen molar-refractivity contribution in [1.82, 2.24) is 10.6 Å². The molecule has 0 aliphatic heterocycles. The number of esters is 1. The van der Waals surface area contributed by atoms with E-state index in [1.165, 1.54) is 6.42 Å². The maximum atomic E-state index is 13.9. The van der Waals surface area contributed by atoms with Gasteiger partial charge in [0, 0.05) is 12.6 Å². The lowest BCUT2D eigenvalue weighted by atomic mass is 9.70. The fourth-order valence-electron chi connectivity index (χ4n) is 9.08. The lowest BCUT2D eigenvalue weighted by Crippen LogP contribution is -2.51. The summed E-state index contributed by atoms with van der Waals surface area (Å²) in [5, 5.41) is 8.76. The van der Waals surface area contributed by atoms with Gasteiger partial charge in [-0.3, -0.25) is 14.4 Å². The van der Waals surface area contributed by atoms with Crippen LogP contribution in [0.15, 0.2) is 54.6 Å². The van der Waals surface area contributed by atoms with Gasteiger partial charge in [0.1, 0.15) is 18.1 Å². The smallest absolute Gasteiger partial charge is 0.312 e. The Kier molecular flexibility index (Phi) is 9.57. The minimum atomic E-state index is -0.580. The minimum absolute atomic E-state index is 0.0808. The Labute approximate surface area is 296 Å². The Morgan fingerprint density at radius 2 is 1.62 bits per heavy atom. The van der Waals surface area contributed by atoms with Crippen LogP contribution in [-0.4, -0.2) is 43.6 Å². The van der Waals surface area contributed by atoms with Gasteiger partial charge in [-0.1, -0.05) is 55.8 Å². The predicted octanol–water partition coefficient (Wildman–Crippen LogP) is 7.68. The van der Waals surface area contributed by atoms with Crippen molar-refractivity contribution in [3.8, 4) is 11.5 Å². The van der Waals surface area contributed by atoms with E-state index in [9.17, 15) is 14.4 Å². The van der Waals surface area contributed by atoms with E-state index in [1.54, 1.807) is 13.2 Å². The van der Waals surface area contributed by atoms with Crippen LogP contribution in [0.2, 0.25) is 0 Å². The van der Waals surface area contributed by atoms with E-state index in [0.717, 1.165) is 54.0 Å². The van der Waals surface area contributed by atoms with Gasteiger partial charge >= 0.3 is 5.97 Å². The standard InChI is InChI=1S/C42H52N2O6/c1-26-21-35(48-4)33(38(45)44-37-29-14-13-28(22-29)36(37)39(46)43-25-41(2)17-8-18-41)23-34(26)50-31-15-19-42(3,20-16-31)40(47)49-24-30-11-7-10-27-9-5-6-12-32(27)30/h5-7,9-12,21,23,28-29,31,36-37H,8,13-20,22,24-25H2,1-4H3,(H,43,46)(H,44,45)/t28-,29+,31?,36+,37-,42?/m1/s1. The first kappa shape index (κ1) is 34.4. The molecule has 0 saturated heterocycles. The number of nitrogens with one attached hydrogen (secondary N) is 2. The molecule has 8 heteroatoms. The Morgan fingerprint density at radius 3 is 2.36 bits per heavy atom. The number of carbonyl (C=O) groups is 3. The lowest BCUT2D eigenvalue weighted by Gasteiger charge is -2.39. The third kappa shape index (κ3) is 6.82. The quantitative estimate of drug-likeness (QED) is 0.202. The summed E-state index contributed by atoms with van der Waals surface area (Å²) in [4.78, 5) is 40.8. The molecule has 4 aliphatic carbocycles. The number of methoxy groups -OCH3 is 1. The first-order valence-corrected chi connectivity index (χ1v) is 18.6. The molecular formula is C42H52N2O6. The van der Waals surface area contributed by atoms with E-state index < -0.39 is 5.41 Å². The topological polar surface area (TPSA) is 103 Å². The molecule has 0 radical (unpaired) electrons. The molecule has 3 aromatic carbocycles. The molecule has 2 bridgehead atoms. The molecule has 0 aromatic heterocycles. The second-order valence-corrected chi connectivity index (χ2v) is 16.2. The molecule has 2 amide bonds. The summed E-state index contributed by atoms with van der Waals surface area (Å²) in [5.74, 6) is 1.21. The van der Waals surface area contributed by atoms with Gasteiger partial charge in [-0.25, -0.2) is 0 Å². The third-order valence-corrected chi connectivity index (χ3v) is 12.6. The molecule has 3 aromatic rings. The monoisotopic (exact) mass is 680 g/mol. The van der Waals surface area contributed by atoms with Crippen molar-refractivity contribution in [3.05, 3.63) is 71.3 Å². The van der Waals surface area contributed by atoms with Crippen molar-refractivity contribution in [2.24, 2.45) is 28.6 Å². The summed E-state index contributed by atoms with van der Waals surface area (Å²) in [7, 11) is 1.57. The van der Waals surface area contributed by atoms with E-state index in [1.807, 2.05) is 44.2 Å². The number of fused-ring (bicyclic) bond motifs is 3. The summed E-state index contributed by atoms with van der Waals surface area (Å²) in [6, 6.07) is 17.7. The zero-order chi connectivity index (χ0) is 35.0. The van der Waals surface area contributed by atoms with Gasteiger partial charge in [-0.2, -0.15) is 0 Å². The van der Waals surface area contributed by atoms with Crippen molar-refractivity contribution in [3.63, 3.8) is 0 Å². The van der Waals surface area contributed by atoms with Crippen molar-refractivity contribution >= 4 is 28.6 Å². The van der Waals surface area contributed by atoms with Crippen molar-refractivity contribution in [2.75, 3.05) is 13.7 Å². The van der Waals surface area contributed by atoms with Gasteiger partial charge in [0.15, 0.2) is 0 Å². The van der Waals surface area contributed by atoms with Crippen LogP contribution in [0.3, 0.4) is 0 Å². The number of ether oxygens (including phenoxy) is 3. The Morgan fingerprint density at radius 1 is 0.880 bits per heavy atom. The lowest BCUT2D eigenvalue weighted by molar-refractivity contribution is -0.159. The molecular weight excluding hydrogens is 628 g/mol. The maximum absolute atomic E-state index is 13.9. The highest BCUT2D eigenvalue weighted by molar-refractivity contribution is 5.98. The number of benzene rings is 3. The van der Waals surface area contributed by atoms with Crippen LogP contribution in [0.1, 0.15) is 99.5 Å². The second-order valence-electron chi connectivity index (χ2n) is 16.2. The molecule has 0 spiro atoms. The van der Waals surface area contributed by atoms with Crippen LogP contribution in [0, 0.1) is 35.5 Å². The maximum Gasteiger partial charge on any atom is 0.312 e. The summed E-state index contributed by atoms with van der Waals surface area (Å²) in [6.45, 7) is 7.15. The van der Waals surface area contributed by atoms with Crippen LogP contribution < -0.4 is 20.1 Å². The number of aryl methyl sites for hydroxylation is 1. The molecule has 2 N–H and O–H groups in total. The minimum Gasteiger partial charge on any atom is -0.496 e. The highest BCUT2D eigenvalue weighted by Crippen LogP contribution is 2.49. The normalized spacial score (nSPS) is 28.0. The molecule has 266 valence electrons. The van der Waals surface area contributed by atoms with Gasteiger partial charge in [0.05, 0.1) is 30.1 Å². The van der Waals surface area contributed by atoms with Gasteiger partial charge in [0.25, 0.3) is 5.91 Å². The van der Waals surface area contributed by atoms with Gasteiger partial charge < -0.3 is 24.8 Å². The van der Waals surface area contributed by atoms with E-state index in [-0.39, 0.29) is 47.9 Å². The average Bonchev–Trinajstić information content (AvgIpc) is 3.72. The van der Waals surface area contributed by atoms with Crippen LogP contribution in [-0.2, 0) is 20.9 Å². The first-order chi connectivity index (χ1) is 24.1. The second kappa shape index (κ2) is 13.9. The predicted molar refractivity (Wildman–Crippen MR) is 193 cm³/mol. The number of amides is 2. The molecule has 8 nitrogen and oxygen atoms in total. The number of hydrogen-bond acceptors (Lipinski definition) is 6. The van der Waals surface area contributed by atoms with Crippen LogP contribution in [0.25, 0.3) is 10.8 Å². The number of rotatable bonds is 11. The van der Waals surface area contributed by atoms with Crippen molar-refractivity contribution < 1.29 is 28.6 Å². The van der Waals surface area contributed by atoms with Gasteiger partial charge in [-0.05, 0) is 123 Å². The van der Waals surface area contributed by atoms with Crippen LogP contribution in [0.4, 0.5) is 0 Å². The van der Waals surface area contributed by atoms with Crippen LogP contribution >= 0.6 is 0 Å². The Balaban J connectivity index is 0.975. The third-order valence-electron chi connectivity index (χ3n) is 12.6. The summed E-state index contributed by atoms with van der Waals surface area (Å²) in [5.41, 5.74) is 1.92. The van der Waals surface area contributed by atoms with Crippen molar-refractivity contribution in [2.45, 2.75) is 104 Å². The SMILES string of the molecule is COc1cc(C)c(OC2CCC(C)(C(=O)OCc3cccc4ccccc34)CC2)cc1C(=O)N[C@@H]1[C@H]2CC[C@H](C2)[C@@H]1C(=O)NCC1(C)CCC1. The van der Waals surface area contributed by atoms with Gasteiger partial charge in [0.2, 0.25) is 5.91 Å². The molecule has 7 rings (SSSR count). The Bertz CT molecular complexity index is 1750. The summed E-state index contributed by atoms with van der Waals surface area (Å²) >= 11 is 0. The average molecular weight is 681 g/mol. The molecule has 4 saturated carbocycles. The molecule has 4 atom stereocenters. The van der Waals surface area contributed by atoms with Crippen molar-refractivity contribution in [1.29, 1.82) is 0 Å². The van der Waals surface area contributed by atoms with E-state index in [0.29, 0.717) is 61.1 Å². The number of hydrogen-bond donors (Lipinski definition) is 2. The first-order valence-electron chi connectivity index (χ1n) is 18.6. The summed E-state index contributed by atoms with van der Waals surface area (Å²) in [6.07, 6.45) is 9.22. The fourth-order valence-corrected chi connectivity index (χ4v) is 9.08. The zero-order valence-corrected chi connectivity index (χ0v) is 30.0. The van der Waals surface area contributed by atoms with E-state index in [2.05, 4.69) is 35.8 Å². The van der Waals surface area contributed by atoms with Crippen LogP contribution in [0.5, 0.6) is 11.5 Å². The number of carbonyl (C=O) groups excluding carboxylic acids is 3. The van der Waals surface area contributed by atoms with E-state index >= 15 is 0 Å². The van der Waals surface area contributed by atoms with Gasteiger partial charge in [-0.15, -0.1) is 0 Å². The molecule has 0 unspecified atom stereocenters. The zero-order valence-electron chi connectivity index (χ0n) is 30.0. The summed E-state index contributed by atoms with van der Waals surface area (Å²) < 4.78 is 18.1. The molecule has 4 fully saturated rings. The highest BCUT2D eigenvalue weighted by atomic mass is 16.5. The molecule has 50 heavy (non-hydrogen) atoms.